The Morgan fingerprint density at radius 2 is 2.00 bits per heavy atom. The molecule has 0 radical (unpaired) electrons. The average molecular weight is 286 g/mol. The quantitative estimate of drug-likeness (QED) is 0.917. The van der Waals surface area contributed by atoms with Gasteiger partial charge in [0.2, 0.25) is 0 Å². The molecular formula is C16H16ClN3. The summed E-state index contributed by atoms with van der Waals surface area (Å²) >= 11 is 6.08. The zero-order valence-electron chi connectivity index (χ0n) is 11.3. The monoisotopic (exact) mass is 285 g/mol. The fourth-order valence-electron chi connectivity index (χ4n) is 2.57. The summed E-state index contributed by atoms with van der Waals surface area (Å²) < 4.78 is 0. The van der Waals surface area contributed by atoms with E-state index in [0.717, 1.165) is 5.69 Å². The van der Waals surface area contributed by atoms with Crippen LogP contribution in [0.25, 0.3) is 0 Å². The smallest absolute Gasteiger partial charge is 0.196 e. The Kier molecular flexibility index (Phi) is 3.36. The molecule has 2 N–H and O–H groups in total. The number of nitrogens with zero attached hydrogens (tertiary/aromatic N) is 2. The molecule has 1 atom stereocenters. The first-order valence-electron chi connectivity index (χ1n) is 6.56. The van der Waals surface area contributed by atoms with Crippen LogP contribution in [0.2, 0.25) is 5.02 Å². The SMILES string of the molecule is Cc1cccc(C2CN=C(N)N2c2cccc(Cl)c2)c1. The third-order valence-electron chi connectivity index (χ3n) is 3.50. The van der Waals surface area contributed by atoms with Crippen LogP contribution >= 0.6 is 11.6 Å². The van der Waals surface area contributed by atoms with E-state index in [1.165, 1.54) is 11.1 Å². The minimum atomic E-state index is 0.133. The topological polar surface area (TPSA) is 41.6 Å². The third kappa shape index (κ3) is 2.37. The molecule has 1 unspecified atom stereocenters. The van der Waals surface area contributed by atoms with E-state index < -0.39 is 0 Å². The number of hydrogen-bond acceptors (Lipinski definition) is 3. The molecule has 2 aromatic rings. The Balaban J connectivity index is 2.00. The molecule has 0 saturated heterocycles. The molecule has 4 heteroatoms. The van der Waals surface area contributed by atoms with Crippen LogP contribution in [0, 0.1) is 6.92 Å². The lowest BCUT2D eigenvalue weighted by molar-refractivity contribution is 0.768. The number of benzene rings is 2. The Hall–Kier alpha value is -2.00. The predicted molar refractivity (Wildman–Crippen MR) is 84.3 cm³/mol. The average Bonchev–Trinajstić information content (AvgIpc) is 2.80. The molecule has 2 aromatic carbocycles. The van der Waals surface area contributed by atoms with Gasteiger partial charge in [-0.2, -0.15) is 0 Å². The van der Waals surface area contributed by atoms with Crippen molar-refractivity contribution in [2.45, 2.75) is 13.0 Å². The summed E-state index contributed by atoms with van der Waals surface area (Å²) in [5.74, 6) is 0.541. The van der Waals surface area contributed by atoms with Crippen LogP contribution in [-0.2, 0) is 0 Å². The van der Waals surface area contributed by atoms with Gasteiger partial charge in [-0.3, -0.25) is 4.99 Å². The molecule has 0 saturated carbocycles. The molecule has 1 heterocycles. The van der Waals surface area contributed by atoms with Gasteiger partial charge in [0.25, 0.3) is 0 Å². The highest BCUT2D eigenvalue weighted by Crippen LogP contribution is 2.32. The molecule has 3 rings (SSSR count). The predicted octanol–water partition coefficient (Wildman–Crippen LogP) is 3.52. The van der Waals surface area contributed by atoms with Crippen LogP contribution in [-0.4, -0.2) is 12.5 Å². The fourth-order valence-corrected chi connectivity index (χ4v) is 2.75. The van der Waals surface area contributed by atoms with E-state index in [1.54, 1.807) is 0 Å². The van der Waals surface area contributed by atoms with Crippen molar-refractivity contribution in [2.75, 3.05) is 11.4 Å². The standard InChI is InChI=1S/C16H16ClN3/c1-11-4-2-5-12(8-11)15-10-19-16(18)20(15)14-7-3-6-13(17)9-14/h2-9,15H,10H2,1H3,(H2,18,19). The summed E-state index contributed by atoms with van der Waals surface area (Å²) in [7, 11) is 0. The Morgan fingerprint density at radius 3 is 2.75 bits per heavy atom. The van der Waals surface area contributed by atoms with Crippen LogP contribution in [0.15, 0.2) is 53.5 Å². The molecule has 3 nitrogen and oxygen atoms in total. The van der Waals surface area contributed by atoms with Crippen LogP contribution in [0.5, 0.6) is 0 Å². The van der Waals surface area contributed by atoms with Gasteiger partial charge < -0.3 is 10.6 Å². The van der Waals surface area contributed by atoms with E-state index in [-0.39, 0.29) is 6.04 Å². The van der Waals surface area contributed by atoms with E-state index in [1.807, 2.05) is 29.2 Å². The van der Waals surface area contributed by atoms with Crippen molar-refractivity contribution in [3.8, 4) is 0 Å². The Bertz CT molecular complexity index is 666. The molecule has 20 heavy (non-hydrogen) atoms. The number of rotatable bonds is 2. The van der Waals surface area contributed by atoms with E-state index >= 15 is 0 Å². The number of halogens is 1. The molecule has 0 bridgehead atoms. The second kappa shape index (κ2) is 5.17. The van der Waals surface area contributed by atoms with Crippen molar-refractivity contribution >= 4 is 23.2 Å². The summed E-state index contributed by atoms with van der Waals surface area (Å²) in [5, 5.41) is 0.699. The number of aryl methyl sites for hydroxylation is 1. The highest BCUT2D eigenvalue weighted by molar-refractivity contribution is 6.30. The van der Waals surface area contributed by atoms with E-state index in [2.05, 4.69) is 36.2 Å². The lowest BCUT2D eigenvalue weighted by Gasteiger charge is -2.27. The van der Waals surface area contributed by atoms with Gasteiger partial charge in [0.15, 0.2) is 5.96 Å². The van der Waals surface area contributed by atoms with Gasteiger partial charge >= 0.3 is 0 Å². The van der Waals surface area contributed by atoms with Crippen LogP contribution in [0.4, 0.5) is 5.69 Å². The van der Waals surface area contributed by atoms with Gasteiger partial charge in [-0.1, -0.05) is 47.5 Å². The van der Waals surface area contributed by atoms with Gasteiger partial charge in [-0.05, 0) is 30.7 Å². The van der Waals surface area contributed by atoms with Gasteiger partial charge in [-0.15, -0.1) is 0 Å². The second-order valence-corrected chi connectivity index (χ2v) is 5.42. The molecule has 1 aliphatic rings. The fraction of sp³-hybridized carbons (Fsp3) is 0.188. The number of guanidine groups is 1. The number of anilines is 1. The van der Waals surface area contributed by atoms with Crippen molar-refractivity contribution in [2.24, 2.45) is 10.7 Å². The molecular weight excluding hydrogens is 270 g/mol. The van der Waals surface area contributed by atoms with E-state index in [0.29, 0.717) is 17.5 Å². The maximum absolute atomic E-state index is 6.08. The highest BCUT2D eigenvalue weighted by Gasteiger charge is 2.28. The largest absolute Gasteiger partial charge is 0.369 e. The minimum Gasteiger partial charge on any atom is -0.369 e. The summed E-state index contributed by atoms with van der Waals surface area (Å²) in [5.41, 5.74) is 9.49. The maximum Gasteiger partial charge on any atom is 0.196 e. The van der Waals surface area contributed by atoms with Gasteiger partial charge in [-0.25, -0.2) is 0 Å². The van der Waals surface area contributed by atoms with Crippen LogP contribution < -0.4 is 10.6 Å². The third-order valence-corrected chi connectivity index (χ3v) is 3.73. The summed E-state index contributed by atoms with van der Waals surface area (Å²) in [6.07, 6.45) is 0. The molecule has 0 aromatic heterocycles. The lowest BCUT2D eigenvalue weighted by Crippen LogP contribution is -2.36. The van der Waals surface area contributed by atoms with Crippen molar-refractivity contribution in [1.82, 2.24) is 0 Å². The van der Waals surface area contributed by atoms with E-state index in [9.17, 15) is 0 Å². The first-order valence-corrected chi connectivity index (χ1v) is 6.94. The summed E-state index contributed by atoms with van der Waals surface area (Å²) in [4.78, 5) is 6.43. The van der Waals surface area contributed by atoms with E-state index in [4.69, 9.17) is 17.3 Å². The Labute approximate surface area is 123 Å². The van der Waals surface area contributed by atoms with Gasteiger partial charge in [0.05, 0.1) is 12.6 Å². The van der Waals surface area contributed by atoms with Gasteiger partial charge in [0.1, 0.15) is 0 Å². The van der Waals surface area contributed by atoms with Crippen LogP contribution in [0.3, 0.4) is 0 Å². The van der Waals surface area contributed by atoms with Crippen molar-refractivity contribution in [1.29, 1.82) is 0 Å². The first-order chi connectivity index (χ1) is 9.65. The zero-order valence-corrected chi connectivity index (χ0v) is 12.0. The van der Waals surface area contributed by atoms with Crippen molar-refractivity contribution < 1.29 is 0 Å². The molecule has 0 spiro atoms. The van der Waals surface area contributed by atoms with Crippen LogP contribution in [0.1, 0.15) is 17.2 Å². The highest BCUT2D eigenvalue weighted by atomic mass is 35.5. The van der Waals surface area contributed by atoms with Crippen molar-refractivity contribution in [3.63, 3.8) is 0 Å². The maximum atomic E-state index is 6.08. The molecule has 0 aliphatic carbocycles. The minimum absolute atomic E-state index is 0.133. The molecule has 0 fully saturated rings. The number of hydrogen-bond donors (Lipinski definition) is 1. The summed E-state index contributed by atoms with van der Waals surface area (Å²) in [6, 6.07) is 16.3. The molecule has 1 aliphatic heterocycles. The van der Waals surface area contributed by atoms with Crippen molar-refractivity contribution in [3.05, 3.63) is 64.7 Å². The second-order valence-electron chi connectivity index (χ2n) is 4.98. The lowest BCUT2D eigenvalue weighted by atomic mass is 10.0. The first kappa shape index (κ1) is 13.0. The molecule has 0 amide bonds. The zero-order chi connectivity index (χ0) is 14.1. The summed E-state index contributed by atoms with van der Waals surface area (Å²) in [6.45, 7) is 2.76. The Morgan fingerprint density at radius 1 is 1.20 bits per heavy atom. The normalized spacial score (nSPS) is 18.2. The molecule has 102 valence electrons. The number of aliphatic imine (C=N–C) groups is 1. The van der Waals surface area contributed by atoms with Gasteiger partial charge in [0, 0.05) is 10.7 Å². The number of nitrogens with two attached hydrogens (primary N) is 1.